The van der Waals surface area contributed by atoms with Crippen LogP contribution in [-0.2, 0) is 11.3 Å². The van der Waals surface area contributed by atoms with Gasteiger partial charge in [-0.25, -0.2) is 0 Å². The molecule has 2 aromatic rings. The maximum Gasteiger partial charge on any atom is 0.234 e. The largest absolute Gasteiger partial charge is 0.351 e. The molecule has 0 aliphatic carbocycles. The summed E-state index contributed by atoms with van der Waals surface area (Å²) >= 11 is 1.73. The minimum absolute atomic E-state index is 0. The van der Waals surface area contributed by atoms with Crippen LogP contribution in [0.1, 0.15) is 5.56 Å². The Bertz CT molecular complexity index is 546. The van der Waals surface area contributed by atoms with Crippen LogP contribution in [0, 0.1) is 0 Å². The van der Waals surface area contributed by atoms with Gasteiger partial charge in [0.15, 0.2) is 0 Å². The highest BCUT2D eigenvalue weighted by atomic mass is 35.5. The first-order valence-corrected chi connectivity index (χ1v) is 7.33. The molecule has 0 atom stereocenters. The molecule has 0 saturated heterocycles. The molecule has 0 aromatic heterocycles. The number of nitrogens with one attached hydrogen (secondary N) is 2. The average molecular weight is 323 g/mol. The van der Waals surface area contributed by atoms with Crippen LogP contribution < -0.4 is 10.6 Å². The lowest BCUT2D eigenvalue weighted by molar-refractivity contribution is -0.120. The van der Waals surface area contributed by atoms with Crippen LogP contribution in [0.25, 0.3) is 0 Å². The Balaban J connectivity index is 0.00000220. The quantitative estimate of drug-likeness (QED) is 0.858. The van der Waals surface area contributed by atoms with Gasteiger partial charge in [-0.1, -0.05) is 42.1 Å². The van der Waals surface area contributed by atoms with E-state index in [2.05, 4.69) is 34.9 Å². The summed E-state index contributed by atoms with van der Waals surface area (Å²) in [7, 11) is 1.76. The molecule has 0 aliphatic rings. The minimum Gasteiger partial charge on any atom is -0.351 e. The van der Waals surface area contributed by atoms with Gasteiger partial charge in [-0.15, -0.1) is 12.4 Å². The maximum atomic E-state index is 11.3. The second-order valence-corrected chi connectivity index (χ2v) is 5.51. The summed E-state index contributed by atoms with van der Waals surface area (Å²) < 4.78 is 0. The van der Waals surface area contributed by atoms with Crippen molar-refractivity contribution in [2.24, 2.45) is 0 Å². The van der Waals surface area contributed by atoms with Crippen LogP contribution in [0.5, 0.6) is 0 Å². The van der Waals surface area contributed by atoms with Crippen LogP contribution in [0.4, 0.5) is 0 Å². The number of hydrogen-bond donors (Lipinski definition) is 2. The summed E-state index contributed by atoms with van der Waals surface area (Å²) in [6.07, 6.45) is 0. The highest BCUT2D eigenvalue weighted by molar-refractivity contribution is 7.99. The number of amides is 1. The van der Waals surface area contributed by atoms with Crippen LogP contribution >= 0.6 is 24.2 Å². The Kier molecular flexibility index (Phi) is 7.90. The van der Waals surface area contributed by atoms with Gasteiger partial charge >= 0.3 is 0 Å². The molecule has 0 radical (unpaired) electrons. The van der Waals surface area contributed by atoms with E-state index in [1.807, 2.05) is 30.3 Å². The van der Waals surface area contributed by atoms with Crippen molar-refractivity contribution >= 4 is 30.1 Å². The van der Waals surface area contributed by atoms with Gasteiger partial charge in [0, 0.05) is 16.3 Å². The minimum atomic E-state index is 0. The first kappa shape index (κ1) is 17.6. The molecule has 3 nitrogen and oxygen atoms in total. The molecule has 21 heavy (non-hydrogen) atoms. The molecule has 2 N–H and O–H groups in total. The molecule has 0 heterocycles. The Hall–Kier alpha value is -1.49. The van der Waals surface area contributed by atoms with E-state index >= 15 is 0 Å². The van der Waals surface area contributed by atoms with Crippen LogP contribution in [-0.4, -0.2) is 19.5 Å². The van der Waals surface area contributed by atoms with Crippen LogP contribution in [0.3, 0.4) is 0 Å². The summed E-state index contributed by atoms with van der Waals surface area (Å²) in [5, 5.41) is 5.69. The number of benzene rings is 2. The third kappa shape index (κ3) is 6.21. The van der Waals surface area contributed by atoms with E-state index in [1.54, 1.807) is 18.8 Å². The van der Waals surface area contributed by atoms with Gasteiger partial charge in [0.25, 0.3) is 0 Å². The smallest absolute Gasteiger partial charge is 0.234 e. The first-order chi connectivity index (χ1) is 9.78. The molecule has 0 spiro atoms. The van der Waals surface area contributed by atoms with Crippen molar-refractivity contribution in [3.05, 3.63) is 60.2 Å². The second-order valence-electron chi connectivity index (χ2n) is 4.37. The van der Waals surface area contributed by atoms with Crippen molar-refractivity contribution in [1.82, 2.24) is 10.6 Å². The molecular formula is C16H19ClN2OS. The fourth-order valence-corrected chi connectivity index (χ4v) is 2.56. The molecule has 0 aliphatic heterocycles. The number of halogens is 1. The van der Waals surface area contributed by atoms with Crippen molar-refractivity contribution in [3.8, 4) is 0 Å². The predicted molar refractivity (Wildman–Crippen MR) is 90.0 cm³/mol. The molecule has 0 bridgehead atoms. The lowest BCUT2D eigenvalue weighted by Crippen LogP contribution is -2.31. The molecule has 112 valence electrons. The molecule has 2 aromatic carbocycles. The van der Waals surface area contributed by atoms with E-state index in [4.69, 9.17) is 0 Å². The Labute approximate surface area is 135 Å². The number of carbonyl (C=O) groups excluding carboxylic acids is 1. The summed E-state index contributed by atoms with van der Waals surface area (Å²) in [5.41, 5.74) is 1.10. The van der Waals surface area contributed by atoms with Gasteiger partial charge in [-0.3, -0.25) is 4.79 Å². The summed E-state index contributed by atoms with van der Waals surface area (Å²) in [4.78, 5) is 13.8. The molecule has 5 heteroatoms. The third-order valence-corrected chi connectivity index (χ3v) is 3.75. The summed E-state index contributed by atoms with van der Waals surface area (Å²) in [6, 6.07) is 18.5. The Morgan fingerprint density at radius 1 is 1.00 bits per heavy atom. The van der Waals surface area contributed by atoms with E-state index in [-0.39, 0.29) is 18.3 Å². The van der Waals surface area contributed by atoms with E-state index in [9.17, 15) is 4.79 Å². The van der Waals surface area contributed by atoms with Gasteiger partial charge < -0.3 is 10.6 Å². The van der Waals surface area contributed by atoms with E-state index in [0.717, 1.165) is 5.56 Å². The van der Waals surface area contributed by atoms with Crippen molar-refractivity contribution in [1.29, 1.82) is 0 Å². The SMILES string of the molecule is CNCC(=O)NCc1ccc(Sc2ccccc2)cc1.Cl. The molecule has 0 saturated carbocycles. The lowest BCUT2D eigenvalue weighted by Gasteiger charge is -2.06. The number of carbonyl (C=O) groups is 1. The Morgan fingerprint density at radius 3 is 2.24 bits per heavy atom. The lowest BCUT2D eigenvalue weighted by atomic mass is 10.2. The predicted octanol–water partition coefficient (Wildman–Crippen LogP) is 3.10. The van der Waals surface area contributed by atoms with Crippen molar-refractivity contribution in [2.75, 3.05) is 13.6 Å². The van der Waals surface area contributed by atoms with E-state index in [0.29, 0.717) is 13.1 Å². The molecule has 0 fully saturated rings. The number of likely N-dealkylation sites (N-methyl/N-ethyl adjacent to an activating group) is 1. The molecular weight excluding hydrogens is 304 g/mol. The monoisotopic (exact) mass is 322 g/mol. The maximum absolute atomic E-state index is 11.3. The standard InChI is InChI=1S/C16H18N2OS.ClH/c1-17-12-16(19)18-11-13-7-9-15(10-8-13)20-14-5-3-2-4-6-14;/h2-10,17H,11-12H2,1H3,(H,18,19);1H. The summed E-state index contributed by atoms with van der Waals surface area (Å²) in [5.74, 6) is 0.00948. The number of rotatable bonds is 6. The zero-order valence-corrected chi connectivity index (χ0v) is 13.5. The zero-order chi connectivity index (χ0) is 14.2. The fourth-order valence-electron chi connectivity index (χ4n) is 1.72. The highest BCUT2D eigenvalue weighted by Gasteiger charge is 2.00. The average Bonchev–Trinajstić information content (AvgIpc) is 2.48. The van der Waals surface area contributed by atoms with E-state index < -0.39 is 0 Å². The van der Waals surface area contributed by atoms with Gasteiger partial charge in [-0.05, 0) is 36.9 Å². The zero-order valence-electron chi connectivity index (χ0n) is 11.8. The summed E-state index contributed by atoms with van der Waals surface area (Å²) in [6.45, 7) is 0.915. The van der Waals surface area contributed by atoms with Gasteiger partial charge in [0.05, 0.1) is 6.54 Å². The molecule has 1 amide bonds. The molecule has 2 rings (SSSR count). The van der Waals surface area contributed by atoms with E-state index in [1.165, 1.54) is 9.79 Å². The van der Waals surface area contributed by atoms with Crippen LogP contribution in [0.15, 0.2) is 64.4 Å². The van der Waals surface area contributed by atoms with Gasteiger partial charge in [0.1, 0.15) is 0 Å². The fraction of sp³-hybridized carbons (Fsp3) is 0.188. The Morgan fingerprint density at radius 2 is 1.62 bits per heavy atom. The van der Waals surface area contributed by atoms with Gasteiger partial charge in [0.2, 0.25) is 5.91 Å². The molecule has 0 unspecified atom stereocenters. The van der Waals surface area contributed by atoms with Gasteiger partial charge in [-0.2, -0.15) is 0 Å². The first-order valence-electron chi connectivity index (χ1n) is 6.51. The van der Waals surface area contributed by atoms with Crippen molar-refractivity contribution < 1.29 is 4.79 Å². The number of hydrogen-bond acceptors (Lipinski definition) is 3. The highest BCUT2D eigenvalue weighted by Crippen LogP contribution is 2.27. The topological polar surface area (TPSA) is 41.1 Å². The van der Waals surface area contributed by atoms with Crippen LogP contribution in [0.2, 0.25) is 0 Å². The van der Waals surface area contributed by atoms with Crippen molar-refractivity contribution in [2.45, 2.75) is 16.3 Å². The normalized spacial score (nSPS) is 9.76. The third-order valence-electron chi connectivity index (χ3n) is 2.73. The van der Waals surface area contributed by atoms with Crippen molar-refractivity contribution in [3.63, 3.8) is 0 Å². The second kappa shape index (κ2) is 9.45.